The molecule has 0 atom stereocenters. The molecule has 0 aromatic heterocycles. The number of ether oxygens (including phenoxy) is 1. The quantitative estimate of drug-likeness (QED) is 0.504. The van der Waals surface area contributed by atoms with E-state index in [1.165, 1.54) is 6.07 Å². The van der Waals surface area contributed by atoms with E-state index in [4.69, 9.17) is 4.74 Å². The van der Waals surface area contributed by atoms with Crippen molar-refractivity contribution >= 4 is 17.3 Å². The maximum absolute atomic E-state index is 11.8. The van der Waals surface area contributed by atoms with Gasteiger partial charge in [-0.2, -0.15) is 0 Å². The third kappa shape index (κ3) is 3.69. The Balaban J connectivity index is 2.26. The van der Waals surface area contributed by atoms with E-state index in [0.717, 1.165) is 13.1 Å². The molecule has 1 aromatic rings. The Morgan fingerprint density at radius 3 is 2.76 bits per heavy atom. The average Bonchev–Trinajstić information content (AvgIpc) is 2.52. The summed E-state index contributed by atoms with van der Waals surface area (Å²) >= 11 is 0. The lowest BCUT2D eigenvalue weighted by atomic mass is 10.1. The molecule has 1 aliphatic rings. The third-order valence-electron chi connectivity index (χ3n) is 3.30. The summed E-state index contributed by atoms with van der Waals surface area (Å²) in [7, 11) is 0. The largest absolute Gasteiger partial charge is 0.462 e. The van der Waals surface area contributed by atoms with Crippen LogP contribution >= 0.6 is 0 Å². The van der Waals surface area contributed by atoms with Crippen LogP contribution in [0.2, 0.25) is 0 Å². The topological polar surface area (TPSA) is 84.7 Å². The molecule has 1 fully saturated rings. The molecular weight excluding hydrogens is 274 g/mol. The van der Waals surface area contributed by atoms with Crippen LogP contribution < -0.4 is 10.2 Å². The summed E-state index contributed by atoms with van der Waals surface area (Å²) in [6.07, 6.45) is 0.715. The van der Waals surface area contributed by atoms with Crippen molar-refractivity contribution in [1.82, 2.24) is 5.32 Å². The molecule has 21 heavy (non-hydrogen) atoms. The van der Waals surface area contributed by atoms with Gasteiger partial charge in [0.25, 0.3) is 5.69 Å². The van der Waals surface area contributed by atoms with E-state index in [-0.39, 0.29) is 11.3 Å². The molecule has 0 amide bonds. The predicted molar refractivity (Wildman–Crippen MR) is 78.8 cm³/mol. The van der Waals surface area contributed by atoms with Gasteiger partial charge >= 0.3 is 5.97 Å². The molecule has 1 aromatic carbocycles. The zero-order valence-electron chi connectivity index (χ0n) is 12.0. The fourth-order valence-electron chi connectivity index (χ4n) is 2.25. The highest BCUT2D eigenvalue weighted by molar-refractivity contribution is 5.91. The van der Waals surface area contributed by atoms with Crippen molar-refractivity contribution in [3.63, 3.8) is 0 Å². The number of nitro groups is 1. The number of benzene rings is 1. The molecule has 114 valence electrons. The van der Waals surface area contributed by atoms with Crippen LogP contribution in [-0.4, -0.2) is 43.7 Å². The van der Waals surface area contributed by atoms with E-state index in [2.05, 4.69) is 5.32 Å². The van der Waals surface area contributed by atoms with Crippen molar-refractivity contribution in [1.29, 1.82) is 0 Å². The van der Waals surface area contributed by atoms with E-state index >= 15 is 0 Å². The molecule has 1 N–H and O–H groups in total. The third-order valence-corrected chi connectivity index (χ3v) is 3.30. The van der Waals surface area contributed by atoms with Gasteiger partial charge in [-0.3, -0.25) is 10.1 Å². The number of carbonyl (C=O) groups is 1. The lowest BCUT2D eigenvalue weighted by molar-refractivity contribution is -0.384. The van der Waals surface area contributed by atoms with Gasteiger partial charge in [0.1, 0.15) is 5.69 Å². The minimum Gasteiger partial charge on any atom is -0.462 e. The summed E-state index contributed by atoms with van der Waals surface area (Å²) < 4.78 is 5.01. The van der Waals surface area contributed by atoms with Crippen LogP contribution in [0.15, 0.2) is 18.2 Å². The number of anilines is 1. The first-order valence-corrected chi connectivity index (χ1v) is 7.04. The molecule has 7 nitrogen and oxygen atoms in total. The van der Waals surface area contributed by atoms with Gasteiger partial charge in [-0.1, -0.05) is 6.92 Å². The number of nitrogens with zero attached hydrogens (tertiary/aromatic N) is 2. The number of nitro benzene ring substituents is 1. The second-order valence-corrected chi connectivity index (χ2v) is 4.83. The number of rotatable bonds is 5. The first-order chi connectivity index (χ1) is 10.1. The van der Waals surface area contributed by atoms with Gasteiger partial charge in [-0.25, -0.2) is 4.79 Å². The fourth-order valence-corrected chi connectivity index (χ4v) is 2.25. The van der Waals surface area contributed by atoms with Crippen LogP contribution in [0.4, 0.5) is 11.4 Å². The second kappa shape index (κ2) is 7.03. The normalized spacial score (nSPS) is 14.8. The lowest BCUT2D eigenvalue weighted by Gasteiger charge is -2.29. The summed E-state index contributed by atoms with van der Waals surface area (Å²) in [5, 5.41) is 14.5. The van der Waals surface area contributed by atoms with Gasteiger partial charge in [-0.05, 0) is 18.6 Å². The van der Waals surface area contributed by atoms with Gasteiger partial charge in [0.05, 0.1) is 17.1 Å². The number of hydrogen-bond acceptors (Lipinski definition) is 6. The van der Waals surface area contributed by atoms with Crippen molar-refractivity contribution in [3.05, 3.63) is 33.9 Å². The molecule has 0 aliphatic carbocycles. The number of carbonyl (C=O) groups excluding carboxylic acids is 1. The van der Waals surface area contributed by atoms with Crippen molar-refractivity contribution in [3.8, 4) is 0 Å². The maximum atomic E-state index is 11.8. The molecular formula is C14H19N3O4. The van der Waals surface area contributed by atoms with Crippen LogP contribution in [-0.2, 0) is 4.74 Å². The number of piperazine rings is 1. The van der Waals surface area contributed by atoms with E-state index in [1.54, 1.807) is 12.1 Å². The lowest BCUT2D eigenvalue weighted by Crippen LogP contribution is -2.43. The molecule has 0 spiro atoms. The van der Waals surface area contributed by atoms with Crippen molar-refractivity contribution < 1.29 is 14.5 Å². The highest BCUT2D eigenvalue weighted by atomic mass is 16.6. The number of esters is 1. The van der Waals surface area contributed by atoms with Crippen LogP contribution in [0, 0.1) is 10.1 Å². The van der Waals surface area contributed by atoms with E-state index < -0.39 is 10.9 Å². The van der Waals surface area contributed by atoms with Crippen molar-refractivity contribution in [2.45, 2.75) is 13.3 Å². The molecule has 0 bridgehead atoms. The van der Waals surface area contributed by atoms with Gasteiger partial charge in [-0.15, -0.1) is 0 Å². The highest BCUT2D eigenvalue weighted by Gasteiger charge is 2.23. The number of hydrogen-bond donors (Lipinski definition) is 1. The standard InChI is InChI=1S/C14H19N3O4/c1-2-9-21-14(18)11-3-4-12(13(10-11)17(19)20)16-7-5-15-6-8-16/h3-4,10,15H,2,5-9H2,1H3. The van der Waals surface area contributed by atoms with E-state index in [1.807, 2.05) is 11.8 Å². The molecule has 7 heteroatoms. The molecule has 0 radical (unpaired) electrons. The summed E-state index contributed by atoms with van der Waals surface area (Å²) in [4.78, 5) is 24.6. The average molecular weight is 293 g/mol. The Morgan fingerprint density at radius 1 is 1.43 bits per heavy atom. The monoisotopic (exact) mass is 293 g/mol. The van der Waals surface area contributed by atoms with Gasteiger partial charge in [0.15, 0.2) is 0 Å². The zero-order chi connectivity index (χ0) is 15.2. The SMILES string of the molecule is CCCOC(=O)c1ccc(N2CCNCC2)c([N+](=O)[O-])c1. The number of nitrogens with one attached hydrogen (secondary N) is 1. The molecule has 1 aliphatic heterocycles. The zero-order valence-corrected chi connectivity index (χ0v) is 12.0. The first kappa shape index (κ1) is 15.2. The smallest absolute Gasteiger partial charge is 0.338 e. The van der Waals surface area contributed by atoms with Crippen LogP contribution in [0.1, 0.15) is 23.7 Å². The Bertz CT molecular complexity index is 527. The Kier molecular flexibility index (Phi) is 5.10. The molecule has 1 saturated heterocycles. The van der Waals surface area contributed by atoms with Gasteiger partial charge in [0.2, 0.25) is 0 Å². The minimum absolute atomic E-state index is 0.0529. The van der Waals surface area contributed by atoms with Crippen LogP contribution in [0.5, 0.6) is 0 Å². The minimum atomic E-state index is -0.521. The molecule has 0 unspecified atom stereocenters. The molecule has 0 saturated carbocycles. The second-order valence-electron chi connectivity index (χ2n) is 4.83. The maximum Gasteiger partial charge on any atom is 0.338 e. The Morgan fingerprint density at radius 2 is 2.14 bits per heavy atom. The highest BCUT2D eigenvalue weighted by Crippen LogP contribution is 2.29. The van der Waals surface area contributed by atoms with Gasteiger partial charge < -0.3 is 15.0 Å². The summed E-state index contributed by atoms with van der Waals surface area (Å²) in [5.41, 5.74) is 0.713. The molecule has 2 rings (SSSR count). The van der Waals surface area contributed by atoms with E-state index in [9.17, 15) is 14.9 Å². The summed E-state index contributed by atoms with van der Waals surface area (Å²) in [6.45, 7) is 5.20. The van der Waals surface area contributed by atoms with Crippen LogP contribution in [0.3, 0.4) is 0 Å². The van der Waals surface area contributed by atoms with Gasteiger partial charge in [0, 0.05) is 32.2 Å². The summed E-state index contributed by atoms with van der Waals surface area (Å²) in [6, 6.07) is 4.52. The first-order valence-electron chi connectivity index (χ1n) is 7.04. The molecule has 1 heterocycles. The summed E-state index contributed by atoms with van der Waals surface area (Å²) in [5.74, 6) is -0.521. The fraction of sp³-hybridized carbons (Fsp3) is 0.500. The Hall–Kier alpha value is -2.15. The predicted octanol–water partition coefficient (Wildman–Crippen LogP) is 1.57. The van der Waals surface area contributed by atoms with Crippen LogP contribution in [0.25, 0.3) is 0 Å². The van der Waals surface area contributed by atoms with E-state index in [0.29, 0.717) is 31.8 Å². The Labute approximate surface area is 123 Å². The van der Waals surface area contributed by atoms with Crippen molar-refractivity contribution in [2.75, 3.05) is 37.7 Å². The van der Waals surface area contributed by atoms with Crippen molar-refractivity contribution in [2.24, 2.45) is 0 Å².